The van der Waals surface area contributed by atoms with Gasteiger partial charge in [0.2, 0.25) is 0 Å². The molecule has 0 radical (unpaired) electrons. The third-order valence-corrected chi connectivity index (χ3v) is 4.19. The zero-order valence-corrected chi connectivity index (χ0v) is 13.6. The first-order valence-electron chi connectivity index (χ1n) is 6.82. The molecule has 0 amide bonds. The van der Waals surface area contributed by atoms with E-state index in [-0.39, 0.29) is 0 Å². The van der Waals surface area contributed by atoms with E-state index in [9.17, 15) is 4.79 Å². The van der Waals surface area contributed by atoms with Gasteiger partial charge < -0.3 is 5.11 Å². The Kier molecular flexibility index (Phi) is 4.11. The van der Waals surface area contributed by atoms with Crippen LogP contribution in [0.3, 0.4) is 0 Å². The van der Waals surface area contributed by atoms with Crippen molar-refractivity contribution in [3.63, 3.8) is 0 Å². The van der Waals surface area contributed by atoms with Crippen molar-refractivity contribution < 1.29 is 9.90 Å². The quantitative estimate of drug-likeness (QED) is 0.698. The molecule has 23 heavy (non-hydrogen) atoms. The molecule has 2 aromatic heterocycles. The number of imidazole rings is 1. The molecule has 116 valence electrons. The predicted molar refractivity (Wildman–Crippen MR) is 92.1 cm³/mol. The van der Waals surface area contributed by atoms with Crippen LogP contribution in [0.25, 0.3) is 23.0 Å². The van der Waals surface area contributed by atoms with Crippen molar-refractivity contribution in [3.8, 4) is 11.3 Å². The summed E-state index contributed by atoms with van der Waals surface area (Å²) in [7, 11) is 0. The van der Waals surface area contributed by atoms with Gasteiger partial charge in [-0.3, -0.25) is 4.40 Å². The zero-order valence-electron chi connectivity index (χ0n) is 12.1. The molecule has 0 fully saturated rings. The second-order valence-electron chi connectivity index (χ2n) is 5.01. The van der Waals surface area contributed by atoms with Crippen LogP contribution >= 0.6 is 23.2 Å². The summed E-state index contributed by atoms with van der Waals surface area (Å²) in [5, 5.41) is 9.82. The molecular formula is C17H12Cl2N2O2. The smallest absolute Gasteiger partial charge is 0.328 e. The number of aromatic nitrogens is 2. The van der Waals surface area contributed by atoms with Crippen molar-refractivity contribution in [3.05, 3.63) is 63.9 Å². The minimum absolute atomic E-state index is 0.422. The highest BCUT2D eigenvalue weighted by molar-refractivity contribution is 6.42. The van der Waals surface area contributed by atoms with E-state index in [0.717, 1.165) is 23.0 Å². The molecule has 0 aliphatic carbocycles. The first-order valence-corrected chi connectivity index (χ1v) is 7.57. The first kappa shape index (κ1) is 15.6. The lowest BCUT2D eigenvalue weighted by atomic mass is 10.1. The minimum atomic E-state index is -1.02. The largest absolute Gasteiger partial charge is 0.478 e. The summed E-state index contributed by atoms with van der Waals surface area (Å²) in [6.07, 6.45) is 2.63. The molecule has 0 saturated heterocycles. The van der Waals surface area contributed by atoms with Crippen LogP contribution in [-0.2, 0) is 4.79 Å². The van der Waals surface area contributed by atoms with Gasteiger partial charge in [0.1, 0.15) is 5.65 Å². The van der Waals surface area contributed by atoms with Crippen molar-refractivity contribution in [2.45, 2.75) is 6.92 Å². The summed E-state index contributed by atoms with van der Waals surface area (Å²) in [5.74, 6) is -1.02. The summed E-state index contributed by atoms with van der Waals surface area (Å²) in [4.78, 5) is 15.5. The van der Waals surface area contributed by atoms with Gasteiger partial charge in [-0.15, -0.1) is 0 Å². The van der Waals surface area contributed by atoms with Crippen LogP contribution in [0.5, 0.6) is 0 Å². The van der Waals surface area contributed by atoms with Crippen molar-refractivity contribution in [1.29, 1.82) is 0 Å². The topological polar surface area (TPSA) is 54.6 Å². The number of nitrogens with zero attached hydrogens (tertiary/aromatic N) is 2. The number of halogens is 2. The minimum Gasteiger partial charge on any atom is -0.478 e. The SMILES string of the molecule is Cc1cccc2nc(-c3ccc(Cl)c(Cl)c3)c(/C=C/C(=O)O)n12. The van der Waals surface area contributed by atoms with Crippen LogP contribution in [-0.4, -0.2) is 20.5 Å². The summed E-state index contributed by atoms with van der Waals surface area (Å²) in [6, 6.07) is 10.9. The van der Waals surface area contributed by atoms with Crippen molar-refractivity contribution >= 4 is 40.9 Å². The number of aryl methyl sites for hydroxylation is 1. The lowest BCUT2D eigenvalue weighted by Crippen LogP contribution is -1.94. The van der Waals surface area contributed by atoms with E-state index in [0.29, 0.717) is 21.4 Å². The molecule has 0 aliphatic rings. The Bertz CT molecular complexity index is 945. The number of pyridine rings is 1. The molecule has 0 spiro atoms. The molecule has 2 heterocycles. The number of carbonyl (C=O) groups is 1. The molecule has 3 rings (SSSR count). The second-order valence-corrected chi connectivity index (χ2v) is 5.82. The van der Waals surface area contributed by atoms with E-state index < -0.39 is 5.97 Å². The molecule has 0 aliphatic heterocycles. The van der Waals surface area contributed by atoms with Crippen LogP contribution < -0.4 is 0 Å². The summed E-state index contributed by atoms with van der Waals surface area (Å²) in [6.45, 7) is 1.94. The van der Waals surface area contributed by atoms with Gasteiger partial charge in [-0.25, -0.2) is 9.78 Å². The van der Waals surface area contributed by atoms with Gasteiger partial charge in [0.05, 0.1) is 21.4 Å². The molecule has 3 aromatic rings. The van der Waals surface area contributed by atoms with Gasteiger partial charge in [-0.2, -0.15) is 0 Å². The van der Waals surface area contributed by atoms with Crippen molar-refractivity contribution in [1.82, 2.24) is 9.38 Å². The Hall–Kier alpha value is -2.30. The number of carboxylic acids is 1. The monoisotopic (exact) mass is 346 g/mol. The Morgan fingerprint density at radius 2 is 2.00 bits per heavy atom. The Balaban J connectivity index is 2.30. The van der Waals surface area contributed by atoms with Gasteiger partial charge in [0.25, 0.3) is 0 Å². The number of carboxylic acid groups (broad SMARTS) is 1. The van der Waals surface area contributed by atoms with Crippen LogP contribution in [0.1, 0.15) is 11.4 Å². The molecule has 0 saturated carbocycles. The summed E-state index contributed by atoms with van der Waals surface area (Å²) in [5.41, 5.74) is 3.78. The highest BCUT2D eigenvalue weighted by atomic mass is 35.5. The number of aliphatic carboxylic acids is 1. The third kappa shape index (κ3) is 2.96. The molecule has 0 atom stereocenters. The van der Waals surface area contributed by atoms with Gasteiger partial charge in [-0.1, -0.05) is 35.3 Å². The van der Waals surface area contributed by atoms with E-state index in [1.807, 2.05) is 35.6 Å². The predicted octanol–water partition coefficient (Wildman–Crippen LogP) is 4.71. The van der Waals surface area contributed by atoms with E-state index in [2.05, 4.69) is 4.98 Å². The normalized spacial score (nSPS) is 11.4. The van der Waals surface area contributed by atoms with Crippen LogP contribution in [0.2, 0.25) is 10.0 Å². The van der Waals surface area contributed by atoms with Crippen LogP contribution in [0.15, 0.2) is 42.5 Å². The molecule has 0 unspecified atom stereocenters. The average Bonchev–Trinajstić information content (AvgIpc) is 2.88. The van der Waals surface area contributed by atoms with E-state index in [1.54, 1.807) is 12.1 Å². The molecule has 6 heteroatoms. The molecule has 4 nitrogen and oxygen atoms in total. The van der Waals surface area contributed by atoms with Crippen LogP contribution in [0, 0.1) is 6.92 Å². The Labute approximate surface area is 142 Å². The van der Waals surface area contributed by atoms with Crippen LogP contribution in [0.4, 0.5) is 0 Å². The molecule has 1 aromatic carbocycles. The number of rotatable bonds is 3. The maximum atomic E-state index is 10.9. The number of fused-ring (bicyclic) bond motifs is 1. The van der Waals surface area contributed by atoms with Gasteiger partial charge in [0, 0.05) is 17.3 Å². The molecule has 1 N–H and O–H groups in total. The van der Waals surface area contributed by atoms with E-state index >= 15 is 0 Å². The highest BCUT2D eigenvalue weighted by Gasteiger charge is 2.14. The third-order valence-electron chi connectivity index (χ3n) is 3.45. The average molecular weight is 347 g/mol. The molecular weight excluding hydrogens is 335 g/mol. The van der Waals surface area contributed by atoms with Gasteiger partial charge in [0.15, 0.2) is 0 Å². The standard InChI is InChI=1S/C17H12Cl2N2O2/c1-10-3-2-4-15-20-17(11-5-6-12(18)13(19)9-11)14(21(10)15)7-8-16(22)23/h2-9H,1H3,(H,22,23)/b8-7+. The number of benzene rings is 1. The maximum Gasteiger partial charge on any atom is 0.328 e. The second kappa shape index (κ2) is 6.07. The number of hydrogen-bond donors (Lipinski definition) is 1. The van der Waals surface area contributed by atoms with E-state index in [1.165, 1.54) is 6.08 Å². The fourth-order valence-corrected chi connectivity index (χ4v) is 2.74. The fourth-order valence-electron chi connectivity index (χ4n) is 2.44. The summed E-state index contributed by atoms with van der Waals surface area (Å²) >= 11 is 12.1. The Morgan fingerprint density at radius 3 is 2.70 bits per heavy atom. The lowest BCUT2D eigenvalue weighted by molar-refractivity contribution is -0.131. The maximum absolute atomic E-state index is 10.9. The Morgan fingerprint density at radius 1 is 1.22 bits per heavy atom. The van der Waals surface area contributed by atoms with Crippen molar-refractivity contribution in [2.24, 2.45) is 0 Å². The lowest BCUT2D eigenvalue weighted by Gasteiger charge is -2.04. The summed E-state index contributed by atoms with van der Waals surface area (Å²) < 4.78 is 1.90. The fraction of sp³-hybridized carbons (Fsp3) is 0.0588. The first-order chi connectivity index (χ1) is 11.0. The van der Waals surface area contributed by atoms with Gasteiger partial charge >= 0.3 is 5.97 Å². The molecule has 0 bridgehead atoms. The van der Waals surface area contributed by atoms with Gasteiger partial charge in [-0.05, 0) is 37.3 Å². The van der Waals surface area contributed by atoms with E-state index in [4.69, 9.17) is 28.3 Å². The number of hydrogen-bond acceptors (Lipinski definition) is 2. The highest BCUT2D eigenvalue weighted by Crippen LogP contribution is 2.31. The zero-order chi connectivity index (χ0) is 16.6. The van der Waals surface area contributed by atoms with Crippen molar-refractivity contribution in [2.75, 3.05) is 0 Å².